The van der Waals surface area contributed by atoms with Crippen LogP contribution in [0, 0.1) is 0 Å². The van der Waals surface area contributed by atoms with Crippen molar-refractivity contribution in [1.29, 1.82) is 0 Å². The molecule has 0 bridgehead atoms. The molecule has 11 nitrogen and oxygen atoms in total. The summed E-state index contributed by atoms with van der Waals surface area (Å²) >= 11 is 0. The summed E-state index contributed by atoms with van der Waals surface area (Å²) in [5.41, 5.74) is 2.51. The van der Waals surface area contributed by atoms with E-state index in [4.69, 9.17) is 46.7 Å². The molecule has 0 N–H and O–H groups in total. The van der Waals surface area contributed by atoms with Crippen LogP contribution >= 0.6 is 7.82 Å². The van der Waals surface area contributed by atoms with E-state index in [9.17, 15) is 4.57 Å². The minimum absolute atomic E-state index is 0.0132. The highest BCUT2D eigenvalue weighted by molar-refractivity contribution is 7.48. The molecule has 12 heteroatoms. The van der Waals surface area contributed by atoms with Crippen LogP contribution in [0.15, 0.2) is 91.0 Å². The third kappa shape index (κ3) is 7.25. The SMILES string of the molecule is CC1(C)OCC(COP(=O)(OCc2ccccc2)OC[C@H]2O[C@@H]3OC(c4ccccc4)O[C@@H]3[C@H]3OC(c4ccccc4)O[C@H]32)O1. The Morgan fingerprint density at radius 1 is 0.689 bits per heavy atom. The van der Waals surface area contributed by atoms with Gasteiger partial charge >= 0.3 is 7.82 Å². The largest absolute Gasteiger partial charge is 0.475 e. The van der Waals surface area contributed by atoms with Gasteiger partial charge in [0.25, 0.3) is 0 Å². The Labute approximate surface area is 262 Å². The van der Waals surface area contributed by atoms with Crippen LogP contribution in [0.2, 0.25) is 0 Å². The van der Waals surface area contributed by atoms with E-state index in [-0.39, 0.29) is 26.4 Å². The van der Waals surface area contributed by atoms with Crippen molar-refractivity contribution in [3.63, 3.8) is 0 Å². The highest BCUT2D eigenvalue weighted by Gasteiger charge is 2.58. The third-order valence-corrected chi connectivity index (χ3v) is 9.33. The van der Waals surface area contributed by atoms with E-state index in [1.54, 1.807) is 0 Å². The highest BCUT2D eigenvalue weighted by atomic mass is 31.2. The molecule has 0 aromatic heterocycles. The lowest BCUT2D eigenvalue weighted by Gasteiger charge is -2.37. The van der Waals surface area contributed by atoms with Crippen molar-refractivity contribution in [3.05, 3.63) is 108 Å². The second-order valence-corrected chi connectivity index (χ2v) is 13.4. The highest BCUT2D eigenvalue weighted by Crippen LogP contribution is 2.52. The van der Waals surface area contributed by atoms with Gasteiger partial charge in [-0.2, -0.15) is 0 Å². The van der Waals surface area contributed by atoms with Gasteiger partial charge in [0, 0.05) is 11.1 Å². The number of hydrogen-bond acceptors (Lipinski definition) is 11. The summed E-state index contributed by atoms with van der Waals surface area (Å²) in [4.78, 5) is 0. The van der Waals surface area contributed by atoms with Crippen LogP contribution < -0.4 is 0 Å². The Balaban J connectivity index is 1.08. The van der Waals surface area contributed by atoms with Crippen molar-refractivity contribution >= 4 is 7.82 Å². The van der Waals surface area contributed by atoms with E-state index in [2.05, 4.69) is 0 Å². The zero-order valence-corrected chi connectivity index (χ0v) is 25.9. The topological polar surface area (TPSA) is 109 Å². The van der Waals surface area contributed by atoms with E-state index in [0.717, 1.165) is 16.7 Å². The lowest BCUT2D eigenvalue weighted by molar-refractivity contribution is -0.230. The minimum Gasteiger partial charge on any atom is -0.348 e. The van der Waals surface area contributed by atoms with Crippen molar-refractivity contribution in [2.24, 2.45) is 0 Å². The predicted octanol–water partition coefficient (Wildman–Crippen LogP) is 5.82. The summed E-state index contributed by atoms with van der Waals surface area (Å²) in [5, 5.41) is 0. The standard InChI is InChI=1S/C33H37O11P/c1-33(2)35-19-25(44-33)20-37-45(34,36-18-22-12-6-3-7-13-22)38-21-26-27-28(41-30(40-27)23-14-8-4-9-15-23)29-32(39-26)43-31(42-29)24-16-10-5-11-17-24/h3-17,25-32H,18-21H2,1-2H3/t25?,26-,27+,28+,29-,30?,31?,32-,45?/m1/s1. The van der Waals surface area contributed by atoms with E-state index < -0.39 is 63.0 Å². The van der Waals surface area contributed by atoms with E-state index in [0.29, 0.717) is 0 Å². The zero-order chi connectivity index (χ0) is 30.9. The first kappa shape index (κ1) is 31.1. The van der Waals surface area contributed by atoms with Gasteiger partial charge < -0.3 is 33.2 Å². The van der Waals surface area contributed by atoms with Crippen LogP contribution in [-0.4, -0.2) is 62.4 Å². The molecule has 4 heterocycles. The van der Waals surface area contributed by atoms with Crippen molar-refractivity contribution in [1.82, 2.24) is 0 Å². The molecule has 0 amide bonds. The molecule has 3 aromatic rings. The Kier molecular flexibility index (Phi) is 9.20. The number of benzene rings is 3. The van der Waals surface area contributed by atoms with Gasteiger partial charge in [-0.3, -0.25) is 13.6 Å². The molecule has 9 atom stereocenters. The number of ether oxygens (including phenoxy) is 7. The van der Waals surface area contributed by atoms with E-state index >= 15 is 0 Å². The molecular formula is C33H37O11P. The molecule has 4 fully saturated rings. The Bertz CT molecular complexity index is 1440. The quantitative estimate of drug-likeness (QED) is 0.237. The lowest BCUT2D eigenvalue weighted by atomic mass is 9.99. The third-order valence-electron chi connectivity index (χ3n) is 7.95. The van der Waals surface area contributed by atoms with Crippen LogP contribution in [0.25, 0.3) is 0 Å². The molecule has 3 aromatic carbocycles. The zero-order valence-electron chi connectivity index (χ0n) is 25.0. The van der Waals surface area contributed by atoms with Gasteiger partial charge in [0.15, 0.2) is 24.7 Å². The maximum atomic E-state index is 14.0. The van der Waals surface area contributed by atoms with Gasteiger partial charge in [-0.15, -0.1) is 0 Å². The van der Waals surface area contributed by atoms with Crippen molar-refractivity contribution in [2.75, 3.05) is 19.8 Å². The van der Waals surface area contributed by atoms with Gasteiger partial charge in [0.1, 0.15) is 30.5 Å². The number of fused-ring (bicyclic) bond motifs is 3. The van der Waals surface area contributed by atoms with Crippen LogP contribution in [0.3, 0.4) is 0 Å². The first-order valence-corrected chi connectivity index (χ1v) is 16.6. The maximum Gasteiger partial charge on any atom is 0.475 e. The molecule has 4 unspecified atom stereocenters. The van der Waals surface area contributed by atoms with Crippen molar-refractivity contribution in [2.45, 2.75) is 75.6 Å². The number of phosphoric acid groups is 1. The number of phosphoric ester groups is 1. The van der Waals surface area contributed by atoms with Crippen LogP contribution in [0.1, 0.15) is 43.1 Å². The van der Waals surface area contributed by atoms with Crippen molar-refractivity contribution < 1.29 is 51.3 Å². The maximum absolute atomic E-state index is 14.0. The molecule has 0 radical (unpaired) electrons. The van der Waals surface area contributed by atoms with Gasteiger partial charge in [-0.1, -0.05) is 91.0 Å². The summed E-state index contributed by atoms with van der Waals surface area (Å²) in [7, 11) is -4.13. The molecule has 4 aliphatic heterocycles. The fourth-order valence-electron chi connectivity index (χ4n) is 5.76. The molecular weight excluding hydrogens is 603 g/mol. The van der Waals surface area contributed by atoms with Crippen LogP contribution in [-0.2, 0) is 57.9 Å². The van der Waals surface area contributed by atoms with Crippen molar-refractivity contribution in [3.8, 4) is 0 Å². The minimum atomic E-state index is -4.13. The first-order valence-electron chi connectivity index (χ1n) is 15.1. The fraction of sp³-hybridized carbons (Fsp3) is 0.455. The summed E-state index contributed by atoms with van der Waals surface area (Å²) < 4.78 is 74.8. The molecule has 4 aliphatic rings. The molecule has 7 rings (SSSR count). The van der Waals surface area contributed by atoms with Gasteiger partial charge in [-0.05, 0) is 19.4 Å². The predicted molar refractivity (Wildman–Crippen MR) is 158 cm³/mol. The van der Waals surface area contributed by atoms with E-state index in [1.807, 2.05) is 105 Å². The summed E-state index contributed by atoms with van der Waals surface area (Å²) in [6, 6.07) is 28.6. The molecule has 240 valence electrons. The van der Waals surface area contributed by atoms with Crippen LogP contribution in [0.4, 0.5) is 0 Å². The fourth-order valence-corrected chi connectivity index (χ4v) is 6.97. The summed E-state index contributed by atoms with van der Waals surface area (Å²) in [5.74, 6) is -0.763. The van der Waals surface area contributed by atoms with Gasteiger partial charge in [0.2, 0.25) is 0 Å². The molecule has 0 saturated carbocycles. The molecule has 0 aliphatic carbocycles. The number of hydrogen-bond donors (Lipinski definition) is 0. The number of rotatable bonds is 11. The second-order valence-electron chi connectivity index (χ2n) is 11.7. The Hall–Kier alpha value is -2.51. The van der Waals surface area contributed by atoms with Crippen LogP contribution in [0.5, 0.6) is 0 Å². The lowest BCUT2D eigenvalue weighted by Crippen LogP contribution is -2.56. The second kappa shape index (κ2) is 13.3. The van der Waals surface area contributed by atoms with E-state index in [1.165, 1.54) is 0 Å². The summed E-state index contributed by atoms with van der Waals surface area (Å²) in [6.07, 6.45) is -5.01. The van der Waals surface area contributed by atoms with Gasteiger partial charge in [-0.25, -0.2) is 4.57 Å². The van der Waals surface area contributed by atoms with Gasteiger partial charge in [0.05, 0.1) is 26.4 Å². The Morgan fingerprint density at radius 3 is 1.91 bits per heavy atom. The smallest absolute Gasteiger partial charge is 0.348 e. The molecule has 4 saturated heterocycles. The average Bonchev–Trinajstić information content (AvgIpc) is 3.79. The normalized spacial score (nSPS) is 33.4. The monoisotopic (exact) mass is 640 g/mol. The molecule has 45 heavy (non-hydrogen) atoms. The molecule has 0 spiro atoms. The Morgan fingerprint density at radius 2 is 1.27 bits per heavy atom. The average molecular weight is 641 g/mol. The first-order chi connectivity index (χ1) is 21.8. The summed E-state index contributed by atoms with van der Waals surface area (Å²) in [6.45, 7) is 3.68.